The molecule has 0 saturated heterocycles. The molecule has 0 spiro atoms. The Morgan fingerprint density at radius 2 is 1.71 bits per heavy atom. The van der Waals surface area contributed by atoms with Crippen molar-refractivity contribution in [3.05, 3.63) is 65.0 Å². The summed E-state index contributed by atoms with van der Waals surface area (Å²) in [5.74, 6) is 1.46. The first kappa shape index (κ1) is 22.6. The predicted octanol–water partition coefficient (Wildman–Crippen LogP) is 6.35. The van der Waals surface area contributed by atoms with E-state index in [0.717, 1.165) is 52.6 Å². The van der Waals surface area contributed by atoms with Crippen LogP contribution in [0.4, 0.5) is 5.13 Å². The first-order valence-electron chi connectivity index (χ1n) is 10.5. The van der Waals surface area contributed by atoms with E-state index in [-0.39, 0.29) is 5.91 Å². The highest BCUT2D eigenvalue weighted by molar-refractivity contribution is 7.16. The minimum Gasteiger partial charge on any atom is -0.494 e. The number of nitrogens with one attached hydrogen (secondary N) is 1. The molecular weight excluding hydrogens is 408 g/mol. The molecule has 0 radical (unpaired) electrons. The lowest BCUT2D eigenvalue weighted by atomic mass is 10.1. The van der Waals surface area contributed by atoms with E-state index < -0.39 is 0 Å². The number of anilines is 1. The van der Waals surface area contributed by atoms with Crippen LogP contribution in [0.15, 0.2) is 54.6 Å². The summed E-state index contributed by atoms with van der Waals surface area (Å²) in [6.45, 7) is 7.45. The van der Waals surface area contributed by atoms with Gasteiger partial charge in [0.05, 0.1) is 18.9 Å². The van der Waals surface area contributed by atoms with Gasteiger partial charge >= 0.3 is 0 Å². The molecule has 1 heterocycles. The maximum absolute atomic E-state index is 12.3. The number of nitrogens with zero attached hydrogens (tertiary/aromatic N) is 1. The van der Waals surface area contributed by atoms with Crippen molar-refractivity contribution in [3.8, 4) is 22.8 Å². The monoisotopic (exact) mass is 436 g/mol. The lowest BCUT2D eigenvalue weighted by molar-refractivity contribution is -0.111. The Bertz CT molecular complexity index is 1010. The molecule has 31 heavy (non-hydrogen) atoms. The van der Waals surface area contributed by atoms with Gasteiger partial charge in [0.1, 0.15) is 11.5 Å². The SMILES string of the molecule is CCCCOc1ccc(/C=C/C(=O)Nc2nc(-c3ccc(OCC)cc3)c(C)s2)cc1. The molecule has 0 saturated carbocycles. The van der Waals surface area contributed by atoms with Crippen molar-refractivity contribution >= 4 is 28.5 Å². The number of hydrogen-bond acceptors (Lipinski definition) is 5. The fraction of sp³-hybridized carbons (Fsp3) is 0.280. The van der Waals surface area contributed by atoms with Crippen LogP contribution < -0.4 is 14.8 Å². The number of unbranched alkanes of at least 4 members (excludes halogenated alkanes) is 1. The zero-order valence-electron chi connectivity index (χ0n) is 18.2. The number of carbonyl (C=O) groups is 1. The number of benzene rings is 2. The maximum Gasteiger partial charge on any atom is 0.250 e. The highest BCUT2D eigenvalue weighted by Gasteiger charge is 2.11. The molecule has 1 N–H and O–H groups in total. The second-order valence-corrected chi connectivity index (χ2v) is 8.18. The van der Waals surface area contributed by atoms with Crippen molar-refractivity contribution in [2.45, 2.75) is 33.6 Å². The normalized spacial score (nSPS) is 10.9. The first-order valence-corrected chi connectivity index (χ1v) is 11.3. The molecule has 0 aliphatic carbocycles. The van der Waals surface area contributed by atoms with E-state index >= 15 is 0 Å². The predicted molar refractivity (Wildman–Crippen MR) is 128 cm³/mol. The van der Waals surface area contributed by atoms with Crippen molar-refractivity contribution in [3.63, 3.8) is 0 Å². The van der Waals surface area contributed by atoms with E-state index in [1.54, 1.807) is 6.08 Å². The Kier molecular flexibility index (Phi) is 8.24. The molecule has 0 unspecified atom stereocenters. The van der Waals surface area contributed by atoms with Crippen LogP contribution in [-0.2, 0) is 4.79 Å². The summed E-state index contributed by atoms with van der Waals surface area (Å²) in [7, 11) is 0. The fourth-order valence-electron chi connectivity index (χ4n) is 2.92. The van der Waals surface area contributed by atoms with Gasteiger partial charge in [-0.3, -0.25) is 10.1 Å². The number of rotatable bonds is 10. The Hall–Kier alpha value is -3.12. The first-order chi connectivity index (χ1) is 15.1. The molecule has 162 valence electrons. The third-order valence-corrected chi connectivity index (χ3v) is 5.43. The molecule has 6 heteroatoms. The van der Waals surface area contributed by atoms with Gasteiger partial charge in [0.25, 0.3) is 0 Å². The maximum atomic E-state index is 12.3. The molecule has 5 nitrogen and oxygen atoms in total. The van der Waals surface area contributed by atoms with Gasteiger partial charge < -0.3 is 9.47 Å². The van der Waals surface area contributed by atoms with Gasteiger partial charge in [0.2, 0.25) is 5.91 Å². The molecule has 3 aromatic rings. The largest absolute Gasteiger partial charge is 0.494 e. The summed E-state index contributed by atoms with van der Waals surface area (Å²) in [4.78, 5) is 18.0. The Labute approximate surface area is 187 Å². The Morgan fingerprint density at radius 3 is 2.39 bits per heavy atom. The third-order valence-electron chi connectivity index (χ3n) is 4.54. The number of aromatic nitrogens is 1. The highest BCUT2D eigenvalue weighted by atomic mass is 32.1. The molecule has 0 bridgehead atoms. The van der Waals surface area contributed by atoms with Crippen LogP contribution in [0, 0.1) is 6.92 Å². The minimum atomic E-state index is -0.213. The summed E-state index contributed by atoms with van der Waals surface area (Å²) in [5.41, 5.74) is 2.80. The van der Waals surface area contributed by atoms with E-state index in [1.165, 1.54) is 17.4 Å². The van der Waals surface area contributed by atoms with Crippen LogP contribution in [-0.4, -0.2) is 24.1 Å². The van der Waals surface area contributed by atoms with Crippen LogP contribution in [0.3, 0.4) is 0 Å². The standard InChI is InChI=1S/C25H28N2O3S/c1-4-6-17-30-22-12-7-19(8-13-22)9-16-23(28)26-25-27-24(18(3)31-25)20-10-14-21(15-11-20)29-5-2/h7-16H,4-6,17H2,1-3H3,(H,26,27,28)/b16-9+. The van der Waals surface area contributed by atoms with E-state index in [1.807, 2.05) is 62.4 Å². The average Bonchev–Trinajstić information content (AvgIpc) is 3.14. The van der Waals surface area contributed by atoms with E-state index in [2.05, 4.69) is 17.2 Å². The molecule has 2 aromatic carbocycles. The van der Waals surface area contributed by atoms with Crippen molar-refractivity contribution in [1.82, 2.24) is 4.98 Å². The van der Waals surface area contributed by atoms with Gasteiger partial charge in [-0.2, -0.15) is 0 Å². The molecule has 0 atom stereocenters. The lowest BCUT2D eigenvalue weighted by Gasteiger charge is -2.05. The molecule has 1 amide bonds. The van der Waals surface area contributed by atoms with E-state index in [4.69, 9.17) is 9.47 Å². The summed E-state index contributed by atoms with van der Waals surface area (Å²) in [6.07, 6.45) is 5.44. The fourth-order valence-corrected chi connectivity index (χ4v) is 3.76. The van der Waals surface area contributed by atoms with Crippen LogP contribution in [0.25, 0.3) is 17.3 Å². The van der Waals surface area contributed by atoms with Crippen LogP contribution in [0.5, 0.6) is 11.5 Å². The number of ether oxygens (including phenoxy) is 2. The van der Waals surface area contributed by atoms with Gasteiger partial charge in [-0.15, -0.1) is 11.3 Å². The van der Waals surface area contributed by atoms with Crippen molar-refractivity contribution < 1.29 is 14.3 Å². The molecule has 0 fully saturated rings. The van der Waals surface area contributed by atoms with Gasteiger partial charge in [-0.25, -0.2) is 4.98 Å². The van der Waals surface area contributed by atoms with Gasteiger partial charge in [-0.1, -0.05) is 25.5 Å². The van der Waals surface area contributed by atoms with E-state index in [9.17, 15) is 4.79 Å². The van der Waals surface area contributed by atoms with Crippen LogP contribution in [0.2, 0.25) is 0 Å². The Balaban J connectivity index is 1.58. The Morgan fingerprint density at radius 1 is 1.03 bits per heavy atom. The molecule has 3 rings (SSSR count). The number of aryl methyl sites for hydroxylation is 1. The number of carbonyl (C=O) groups excluding carboxylic acids is 1. The summed E-state index contributed by atoms with van der Waals surface area (Å²) < 4.78 is 11.1. The number of amides is 1. The van der Waals surface area contributed by atoms with Crippen molar-refractivity contribution in [2.75, 3.05) is 18.5 Å². The van der Waals surface area contributed by atoms with Crippen molar-refractivity contribution in [2.24, 2.45) is 0 Å². The summed E-state index contributed by atoms with van der Waals surface area (Å²) in [5, 5.41) is 3.43. The smallest absolute Gasteiger partial charge is 0.250 e. The van der Waals surface area contributed by atoms with Crippen LogP contribution >= 0.6 is 11.3 Å². The lowest BCUT2D eigenvalue weighted by Crippen LogP contribution is -2.07. The van der Waals surface area contributed by atoms with Crippen LogP contribution in [0.1, 0.15) is 37.1 Å². The van der Waals surface area contributed by atoms with Gasteiger partial charge in [0, 0.05) is 16.5 Å². The number of thiazole rings is 1. The second-order valence-electron chi connectivity index (χ2n) is 6.97. The third kappa shape index (κ3) is 6.69. The average molecular weight is 437 g/mol. The van der Waals surface area contributed by atoms with Crippen molar-refractivity contribution in [1.29, 1.82) is 0 Å². The summed E-state index contributed by atoms with van der Waals surface area (Å²) >= 11 is 1.46. The van der Waals surface area contributed by atoms with E-state index in [0.29, 0.717) is 11.7 Å². The molecule has 0 aliphatic rings. The highest BCUT2D eigenvalue weighted by Crippen LogP contribution is 2.31. The summed E-state index contributed by atoms with van der Waals surface area (Å²) in [6, 6.07) is 15.5. The molecular formula is C25H28N2O3S. The molecule has 0 aliphatic heterocycles. The second kappa shape index (κ2) is 11.3. The minimum absolute atomic E-state index is 0.213. The molecule has 1 aromatic heterocycles. The van der Waals surface area contributed by atoms with Gasteiger partial charge in [0.15, 0.2) is 5.13 Å². The van der Waals surface area contributed by atoms with Gasteiger partial charge in [-0.05, 0) is 68.3 Å². The number of hydrogen-bond donors (Lipinski definition) is 1. The zero-order valence-corrected chi connectivity index (χ0v) is 19.0. The zero-order chi connectivity index (χ0) is 22.1. The quantitative estimate of drug-likeness (QED) is 0.297. The topological polar surface area (TPSA) is 60.5 Å².